The maximum absolute atomic E-state index is 12.6. The van der Waals surface area contributed by atoms with E-state index in [1.807, 2.05) is 5.32 Å². The molecule has 0 aliphatic rings. The summed E-state index contributed by atoms with van der Waals surface area (Å²) in [5.74, 6) is -9.80. The maximum atomic E-state index is 12.6. The van der Waals surface area contributed by atoms with Gasteiger partial charge in [-0.1, -0.05) is 0 Å². The first-order chi connectivity index (χ1) is 16.1. The van der Waals surface area contributed by atoms with Crippen molar-refractivity contribution in [1.29, 1.82) is 0 Å². The summed E-state index contributed by atoms with van der Waals surface area (Å²) < 4.78 is 0. The Morgan fingerprint density at radius 1 is 0.600 bits per heavy atom. The van der Waals surface area contributed by atoms with E-state index >= 15 is 0 Å². The lowest BCUT2D eigenvalue weighted by atomic mass is 10.1. The number of hydrogen-bond donors (Lipinski definition) is 9. The molecule has 0 bridgehead atoms. The quantitative estimate of drug-likeness (QED) is 0.0902. The highest BCUT2D eigenvalue weighted by Crippen LogP contribution is 2.04. The molecule has 0 fully saturated rings. The number of carboxylic acid groups (broad SMARTS) is 3. The van der Waals surface area contributed by atoms with Crippen molar-refractivity contribution < 1.29 is 53.7 Å². The molecule has 4 atom stereocenters. The van der Waals surface area contributed by atoms with Gasteiger partial charge in [0.1, 0.15) is 18.1 Å². The third kappa shape index (κ3) is 13.1. The molecule has 0 spiro atoms. The minimum atomic E-state index is -1.79. The van der Waals surface area contributed by atoms with E-state index in [2.05, 4.69) is 10.6 Å². The Balaban J connectivity index is 5.59. The van der Waals surface area contributed by atoms with E-state index in [4.69, 9.17) is 32.5 Å². The van der Waals surface area contributed by atoms with E-state index in [0.29, 0.717) is 0 Å². The standard InChI is InChI=1S/C18H28N6O11/c19-7(1-3-11(20)25)15(31)23-9(6-14(29)30)17(33)22-8(2-4-13(27)28)16(32)24-10(18(34)35)5-12(21)26/h7-10H,1-6,19H2,(H2,20,25)(H2,21,26)(H,22,33)(H,23,31)(H,24,32)(H,27,28)(H,29,30)(H,34,35). The van der Waals surface area contributed by atoms with Crippen molar-refractivity contribution in [3.63, 3.8) is 0 Å². The monoisotopic (exact) mass is 504 g/mol. The zero-order valence-electron chi connectivity index (χ0n) is 18.4. The minimum absolute atomic E-state index is 0.206. The van der Waals surface area contributed by atoms with Crippen molar-refractivity contribution >= 4 is 47.4 Å². The predicted molar refractivity (Wildman–Crippen MR) is 113 cm³/mol. The maximum Gasteiger partial charge on any atom is 0.326 e. The highest BCUT2D eigenvalue weighted by molar-refractivity contribution is 5.96. The largest absolute Gasteiger partial charge is 0.481 e. The summed E-state index contributed by atoms with van der Waals surface area (Å²) in [6.45, 7) is 0. The molecular formula is C18H28N6O11. The van der Waals surface area contributed by atoms with Crippen LogP contribution in [0.15, 0.2) is 0 Å². The van der Waals surface area contributed by atoms with Crippen LogP contribution in [-0.4, -0.2) is 86.9 Å². The average molecular weight is 504 g/mol. The minimum Gasteiger partial charge on any atom is -0.481 e. The highest BCUT2D eigenvalue weighted by atomic mass is 16.4. The van der Waals surface area contributed by atoms with Gasteiger partial charge < -0.3 is 48.5 Å². The van der Waals surface area contributed by atoms with Gasteiger partial charge in [-0.25, -0.2) is 4.79 Å². The van der Waals surface area contributed by atoms with Crippen LogP contribution >= 0.6 is 0 Å². The van der Waals surface area contributed by atoms with Crippen molar-refractivity contribution in [3.05, 3.63) is 0 Å². The van der Waals surface area contributed by atoms with Crippen LogP contribution < -0.4 is 33.2 Å². The second kappa shape index (κ2) is 14.8. The van der Waals surface area contributed by atoms with Crippen LogP contribution in [0.4, 0.5) is 0 Å². The first-order valence-electron chi connectivity index (χ1n) is 10.0. The van der Waals surface area contributed by atoms with Gasteiger partial charge >= 0.3 is 17.9 Å². The van der Waals surface area contributed by atoms with Crippen molar-refractivity contribution in [2.24, 2.45) is 17.2 Å². The second-order valence-electron chi connectivity index (χ2n) is 7.33. The summed E-state index contributed by atoms with van der Waals surface area (Å²) >= 11 is 0. The molecular weight excluding hydrogens is 476 g/mol. The molecule has 17 heteroatoms. The van der Waals surface area contributed by atoms with Crippen LogP contribution in [0.3, 0.4) is 0 Å². The fourth-order valence-electron chi connectivity index (χ4n) is 2.57. The van der Waals surface area contributed by atoms with E-state index in [1.54, 1.807) is 0 Å². The molecule has 0 heterocycles. The normalized spacial score (nSPS) is 13.9. The zero-order valence-corrected chi connectivity index (χ0v) is 18.4. The number of carbonyl (C=O) groups is 8. The van der Waals surface area contributed by atoms with Crippen molar-refractivity contribution in [2.75, 3.05) is 0 Å². The number of amides is 5. The molecule has 0 radical (unpaired) electrons. The number of rotatable bonds is 17. The lowest BCUT2D eigenvalue weighted by Gasteiger charge is -2.24. The molecule has 0 aliphatic heterocycles. The Kier molecular flexibility index (Phi) is 13.0. The van der Waals surface area contributed by atoms with Crippen LogP contribution in [-0.2, 0) is 38.4 Å². The number of nitrogens with one attached hydrogen (secondary N) is 3. The third-order valence-corrected chi connectivity index (χ3v) is 4.35. The predicted octanol–water partition coefficient (Wildman–Crippen LogP) is -4.67. The van der Waals surface area contributed by atoms with E-state index in [9.17, 15) is 38.4 Å². The van der Waals surface area contributed by atoms with Crippen LogP contribution in [0.5, 0.6) is 0 Å². The molecule has 0 saturated carbocycles. The molecule has 4 unspecified atom stereocenters. The summed E-state index contributed by atoms with van der Waals surface area (Å²) in [5, 5.41) is 33.1. The average Bonchev–Trinajstić information content (AvgIpc) is 2.72. The molecule has 17 nitrogen and oxygen atoms in total. The fraction of sp³-hybridized carbons (Fsp3) is 0.556. The second-order valence-corrected chi connectivity index (χ2v) is 7.33. The Morgan fingerprint density at radius 2 is 1.11 bits per heavy atom. The number of nitrogens with two attached hydrogens (primary N) is 3. The molecule has 0 aromatic rings. The molecule has 0 saturated heterocycles. The van der Waals surface area contributed by atoms with Crippen molar-refractivity contribution in [2.45, 2.75) is 62.7 Å². The van der Waals surface area contributed by atoms with Crippen molar-refractivity contribution in [3.8, 4) is 0 Å². The van der Waals surface area contributed by atoms with Gasteiger partial charge in [-0.05, 0) is 12.8 Å². The van der Waals surface area contributed by atoms with Gasteiger partial charge in [-0.2, -0.15) is 0 Å². The lowest BCUT2D eigenvalue weighted by molar-refractivity contribution is -0.144. The van der Waals surface area contributed by atoms with E-state index in [-0.39, 0.29) is 12.8 Å². The Morgan fingerprint density at radius 3 is 1.57 bits per heavy atom. The van der Waals surface area contributed by atoms with E-state index in [1.165, 1.54) is 0 Å². The molecule has 196 valence electrons. The summed E-state index contributed by atoms with van der Waals surface area (Å²) in [6.07, 6.45) is -3.46. The third-order valence-electron chi connectivity index (χ3n) is 4.35. The first-order valence-corrected chi connectivity index (χ1v) is 10.0. The summed E-state index contributed by atoms with van der Waals surface area (Å²) in [5.41, 5.74) is 15.5. The van der Waals surface area contributed by atoms with Gasteiger partial charge in [-0.15, -0.1) is 0 Å². The van der Waals surface area contributed by atoms with Crippen LogP contribution in [0.2, 0.25) is 0 Å². The summed E-state index contributed by atoms with van der Waals surface area (Å²) in [6, 6.07) is -6.59. The molecule has 35 heavy (non-hydrogen) atoms. The highest BCUT2D eigenvalue weighted by Gasteiger charge is 2.32. The topological polar surface area (TPSA) is 311 Å². The van der Waals surface area contributed by atoms with Gasteiger partial charge in [0.25, 0.3) is 0 Å². The lowest BCUT2D eigenvalue weighted by Crippen LogP contribution is -2.57. The SMILES string of the molecule is NC(=O)CCC(N)C(=O)NC(CC(=O)O)C(=O)NC(CCC(=O)O)C(=O)NC(CC(N)=O)C(=O)O. The Labute approximate surface area is 197 Å². The van der Waals surface area contributed by atoms with Crippen LogP contribution in [0.1, 0.15) is 38.5 Å². The number of aliphatic carboxylic acids is 3. The van der Waals surface area contributed by atoms with Gasteiger partial charge in [0.05, 0.1) is 18.9 Å². The van der Waals surface area contributed by atoms with Gasteiger partial charge in [0.2, 0.25) is 29.5 Å². The number of hydrogen-bond acceptors (Lipinski definition) is 9. The molecule has 0 aromatic heterocycles. The number of primary amides is 2. The van der Waals surface area contributed by atoms with Crippen molar-refractivity contribution in [1.82, 2.24) is 16.0 Å². The van der Waals surface area contributed by atoms with Crippen LogP contribution in [0.25, 0.3) is 0 Å². The molecule has 0 rings (SSSR count). The van der Waals surface area contributed by atoms with Crippen LogP contribution in [0, 0.1) is 0 Å². The molecule has 12 N–H and O–H groups in total. The van der Waals surface area contributed by atoms with E-state index < -0.39 is 97.3 Å². The summed E-state index contributed by atoms with van der Waals surface area (Å²) in [7, 11) is 0. The molecule has 0 aliphatic carbocycles. The van der Waals surface area contributed by atoms with Gasteiger partial charge in [0, 0.05) is 12.8 Å². The van der Waals surface area contributed by atoms with Gasteiger partial charge in [-0.3, -0.25) is 33.6 Å². The molecule has 0 aromatic carbocycles. The first kappa shape index (κ1) is 30.7. The molecule has 5 amide bonds. The fourth-order valence-corrected chi connectivity index (χ4v) is 2.57. The Hall–Kier alpha value is -4.28. The van der Waals surface area contributed by atoms with Gasteiger partial charge in [0.15, 0.2) is 0 Å². The zero-order chi connectivity index (χ0) is 27.3. The Bertz CT molecular complexity index is 862. The smallest absolute Gasteiger partial charge is 0.326 e. The van der Waals surface area contributed by atoms with E-state index in [0.717, 1.165) is 0 Å². The number of carbonyl (C=O) groups excluding carboxylic acids is 5. The summed E-state index contributed by atoms with van der Waals surface area (Å²) in [4.78, 5) is 92.5. The number of carboxylic acids is 3.